The number of hydrogen-bond acceptors (Lipinski definition) is 4. The molecule has 2 saturated carbocycles. The van der Waals surface area contributed by atoms with E-state index in [1.807, 2.05) is 0 Å². The number of fused-ring (bicyclic) bond motifs is 2. The largest absolute Gasteiger partial charge is 0.369 e. The minimum atomic E-state index is -0.319. The van der Waals surface area contributed by atoms with Crippen molar-refractivity contribution in [2.45, 2.75) is 44.4 Å². The fourth-order valence-electron chi connectivity index (χ4n) is 4.69. The van der Waals surface area contributed by atoms with Crippen LogP contribution in [-0.4, -0.2) is 34.9 Å². The lowest BCUT2D eigenvalue weighted by Gasteiger charge is -2.30. The maximum atomic E-state index is 12.4. The molecule has 2 heterocycles. The number of nitrogens with two attached hydrogens (primary N) is 1. The minimum Gasteiger partial charge on any atom is -0.369 e. The van der Waals surface area contributed by atoms with Crippen molar-refractivity contribution in [2.24, 2.45) is 23.5 Å². The molecule has 4 rings (SSSR count). The van der Waals surface area contributed by atoms with Crippen LogP contribution in [0.2, 0.25) is 0 Å². The lowest BCUT2D eigenvalue weighted by molar-refractivity contribution is -0.123. The highest BCUT2D eigenvalue weighted by atomic mass is 32.1. The molecule has 7 heteroatoms. The Balaban J connectivity index is 1.37. The Morgan fingerprint density at radius 1 is 1.29 bits per heavy atom. The summed E-state index contributed by atoms with van der Waals surface area (Å²) in [6, 6.07) is -0.171. The molecule has 6 nitrogen and oxygen atoms in total. The summed E-state index contributed by atoms with van der Waals surface area (Å²) in [6.45, 7) is 1.08. The van der Waals surface area contributed by atoms with Gasteiger partial charge in [-0.3, -0.25) is 10.1 Å². The van der Waals surface area contributed by atoms with E-state index in [2.05, 4.69) is 15.7 Å². The average Bonchev–Trinajstić information content (AvgIpc) is 3.31. The van der Waals surface area contributed by atoms with Crippen LogP contribution < -0.4 is 11.1 Å². The Morgan fingerprint density at radius 3 is 2.88 bits per heavy atom. The normalized spacial score (nSPS) is 32.1. The van der Waals surface area contributed by atoms with Gasteiger partial charge in [0.25, 0.3) is 0 Å². The molecule has 1 aromatic rings. The maximum absolute atomic E-state index is 12.4. The van der Waals surface area contributed by atoms with Gasteiger partial charge in [0, 0.05) is 24.4 Å². The number of nitrogens with zero attached hydrogens (tertiary/aromatic N) is 2. The Labute approximate surface area is 145 Å². The van der Waals surface area contributed by atoms with E-state index in [-0.39, 0.29) is 17.9 Å². The second-order valence-electron chi connectivity index (χ2n) is 7.48. The SMILES string of the molecule is NC(=O)C1CCCN(C(=O)Nc2nc(C3CC4CCC3C4)cs2)C1. The zero-order valence-corrected chi connectivity index (χ0v) is 14.6. The summed E-state index contributed by atoms with van der Waals surface area (Å²) >= 11 is 1.50. The molecular formula is C17H24N4O2S. The molecule has 2 aliphatic carbocycles. The smallest absolute Gasteiger partial charge is 0.323 e. The van der Waals surface area contributed by atoms with E-state index in [1.54, 1.807) is 4.90 Å². The molecule has 24 heavy (non-hydrogen) atoms. The number of carbonyl (C=O) groups is 2. The molecule has 2 bridgehead atoms. The van der Waals surface area contributed by atoms with E-state index in [4.69, 9.17) is 5.73 Å². The molecule has 3 fully saturated rings. The van der Waals surface area contributed by atoms with Gasteiger partial charge in [-0.2, -0.15) is 0 Å². The van der Waals surface area contributed by atoms with Gasteiger partial charge < -0.3 is 10.6 Å². The molecule has 1 aromatic heterocycles. The Hall–Kier alpha value is -1.63. The van der Waals surface area contributed by atoms with Gasteiger partial charge in [0.15, 0.2) is 5.13 Å². The first-order valence-electron chi connectivity index (χ1n) is 8.91. The van der Waals surface area contributed by atoms with E-state index in [1.165, 1.54) is 37.0 Å². The van der Waals surface area contributed by atoms with Crippen LogP contribution in [0.3, 0.4) is 0 Å². The van der Waals surface area contributed by atoms with Crippen LogP contribution in [0, 0.1) is 17.8 Å². The molecule has 1 aliphatic heterocycles. The van der Waals surface area contributed by atoms with Crippen molar-refractivity contribution < 1.29 is 9.59 Å². The zero-order valence-electron chi connectivity index (χ0n) is 13.7. The average molecular weight is 348 g/mol. The van der Waals surface area contributed by atoms with E-state index in [0.717, 1.165) is 30.4 Å². The highest BCUT2D eigenvalue weighted by molar-refractivity contribution is 7.13. The van der Waals surface area contributed by atoms with Crippen molar-refractivity contribution >= 4 is 28.4 Å². The lowest BCUT2D eigenvalue weighted by atomic mass is 9.87. The van der Waals surface area contributed by atoms with Gasteiger partial charge in [-0.25, -0.2) is 9.78 Å². The fourth-order valence-corrected chi connectivity index (χ4v) is 5.45. The predicted molar refractivity (Wildman–Crippen MR) is 92.8 cm³/mol. The molecule has 1 saturated heterocycles. The summed E-state index contributed by atoms with van der Waals surface area (Å²) in [6.07, 6.45) is 6.90. The second-order valence-corrected chi connectivity index (χ2v) is 8.33. The number of aromatic nitrogens is 1. The van der Waals surface area contributed by atoms with Gasteiger partial charge in [0.05, 0.1) is 11.6 Å². The van der Waals surface area contributed by atoms with Crippen molar-refractivity contribution in [1.29, 1.82) is 0 Å². The first-order chi connectivity index (χ1) is 11.6. The number of carbonyl (C=O) groups excluding carboxylic acids is 2. The number of primary amides is 1. The van der Waals surface area contributed by atoms with Crippen LogP contribution in [-0.2, 0) is 4.79 Å². The zero-order chi connectivity index (χ0) is 16.7. The van der Waals surface area contributed by atoms with E-state index >= 15 is 0 Å². The highest BCUT2D eigenvalue weighted by Gasteiger charge is 2.41. The number of likely N-dealkylation sites (tertiary alicyclic amines) is 1. The van der Waals surface area contributed by atoms with E-state index in [0.29, 0.717) is 24.1 Å². The number of urea groups is 1. The lowest BCUT2D eigenvalue weighted by Crippen LogP contribution is -2.45. The van der Waals surface area contributed by atoms with E-state index < -0.39 is 0 Å². The predicted octanol–water partition coefficient (Wildman–Crippen LogP) is 2.78. The molecule has 3 amide bonds. The van der Waals surface area contributed by atoms with Crippen LogP contribution in [0.4, 0.5) is 9.93 Å². The molecule has 4 unspecified atom stereocenters. The number of nitrogens with one attached hydrogen (secondary N) is 1. The summed E-state index contributed by atoms with van der Waals surface area (Å²) in [7, 11) is 0. The summed E-state index contributed by atoms with van der Waals surface area (Å²) in [5.41, 5.74) is 6.53. The molecule has 0 aromatic carbocycles. The van der Waals surface area contributed by atoms with Crippen LogP contribution in [0.5, 0.6) is 0 Å². The third kappa shape index (κ3) is 3.01. The van der Waals surface area contributed by atoms with Gasteiger partial charge >= 0.3 is 6.03 Å². The van der Waals surface area contributed by atoms with Crippen LogP contribution in [0.25, 0.3) is 0 Å². The second kappa shape index (κ2) is 6.35. The highest BCUT2D eigenvalue weighted by Crippen LogP contribution is 2.52. The molecule has 0 radical (unpaired) electrons. The van der Waals surface area contributed by atoms with Crippen molar-refractivity contribution in [2.75, 3.05) is 18.4 Å². The van der Waals surface area contributed by atoms with Crippen molar-refractivity contribution in [3.05, 3.63) is 11.1 Å². The van der Waals surface area contributed by atoms with Crippen LogP contribution in [0.1, 0.15) is 50.1 Å². The molecular weight excluding hydrogens is 324 g/mol. The molecule has 3 aliphatic rings. The summed E-state index contributed by atoms with van der Waals surface area (Å²) in [5.74, 6) is 1.71. The third-order valence-electron chi connectivity index (χ3n) is 5.96. The molecule has 3 N–H and O–H groups in total. The summed E-state index contributed by atoms with van der Waals surface area (Å²) in [5, 5.41) is 5.67. The van der Waals surface area contributed by atoms with E-state index in [9.17, 15) is 9.59 Å². The minimum absolute atomic E-state index is 0.171. The Morgan fingerprint density at radius 2 is 2.17 bits per heavy atom. The van der Waals surface area contributed by atoms with Gasteiger partial charge in [-0.05, 0) is 43.9 Å². The maximum Gasteiger partial charge on any atom is 0.323 e. The van der Waals surface area contributed by atoms with Crippen LogP contribution in [0.15, 0.2) is 5.38 Å². The van der Waals surface area contributed by atoms with Crippen molar-refractivity contribution in [1.82, 2.24) is 9.88 Å². The number of piperidine rings is 1. The van der Waals surface area contributed by atoms with Gasteiger partial charge in [0.1, 0.15) is 0 Å². The summed E-state index contributed by atoms with van der Waals surface area (Å²) < 4.78 is 0. The Bertz CT molecular complexity index is 646. The fraction of sp³-hybridized carbons (Fsp3) is 0.706. The number of thiazole rings is 1. The standard InChI is InChI=1S/C17H24N4O2S/c18-15(22)12-2-1-5-21(8-12)17(23)20-16-19-14(9-24-16)13-7-10-3-4-11(13)6-10/h9-13H,1-8H2,(H2,18,22)(H,19,20,23). The number of amides is 3. The topological polar surface area (TPSA) is 88.3 Å². The molecule has 130 valence electrons. The van der Waals surface area contributed by atoms with Gasteiger partial charge in [0.2, 0.25) is 5.91 Å². The number of anilines is 1. The van der Waals surface area contributed by atoms with Crippen molar-refractivity contribution in [3.8, 4) is 0 Å². The number of hydrogen-bond donors (Lipinski definition) is 2. The third-order valence-corrected chi connectivity index (χ3v) is 6.74. The first kappa shape index (κ1) is 15.9. The van der Waals surface area contributed by atoms with Crippen molar-refractivity contribution in [3.63, 3.8) is 0 Å². The van der Waals surface area contributed by atoms with Crippen LogP contribution >= 0.6 is 11.3 Å². The number of rotatable bonds is 3. The molecule has 4 atom stereocenters. The monoisotopic (exact) mass is 348 g/mol. The quantitative estimate of drug-likeness (QED) is 0.880. The van der Waals surface area contributed by atoms with Gasteiger partial charge in [-0.1, -0.05) is 6.42 Å². The molecule has 0 spiro atoms. The Kier molecular flexibility index (Phi) is 4.20. The first-order valence-corrected chi connectivity index (χ1v) is 9.79. The summed E-state index contributed by atoms with van der Waals surface area (Å²) in [4.78, 5) is 30.1. The van der Waals surface area contributed by atoms with Gasteiger partial charge in [-0.15, -0.1) is 11.3 Å².